The van der Waals surface area contributed by atoms with Gasteiger partial charge in [-0.3, -0.25) is 4.79 Å². The highest BCUT2D eigenvalue weighted by Gasteiger charge is 2.20. The number of hydrogen-bond donors (Lipinski definition) is 1. The lowest BCUT2D eigenvalue weighted by atomic mass is 10.1. The second kappa shape index (κ2) is 9.62. The molecule has 0 aromatic heterocycles. The zero-order valence-corrected chi connectivity index (χ0v) is 17.1. The van der Waals surface area contributed by atoms with Crippen molar-refractivity contribution in [2.24, 2.45) is 0 Å². The molecule has 0 radical (unpaired) electrons. The number of halogens is 1. The van der Waals surface area contributed by atoms with Crippen LogP contribution in [0.25, 0.3) is 0 Å². The molecule has 0 spiro atoms. The van der Waals surface area contributed by atoms with Crippen molar-refractivity contribution in [3.63, 3.8) is 0 Å². The maximum absolute atomic E-state index is 12.3. The molecule has 29 heavy (non-hydrogen) atoms. The quantitative estimate of drug-likeness (QED) is 0.725. The van der Waals surface area contributed by atoms with E-state index in [2.05, 4.69) is 10.2 Å². The first-order valence-corrected chi connectivity index (χ1v) is 9.59. The summed E-state index contributed by atoms with van der Waals surface area (Å²) in [5.41, 5.74) is 2.48. The number of esters is 1. The molecule has 0 bridgehead atoms. The molecule has 1 fully saturated rings. The van der Waals surface area contributed by atoms with Crippen LogP contribution in [0.4, 0.5) is 11.4 Å². The molecule has 1 aliphatic rings. The van der Waals surface area contributed by atoms with Crippen molar-refractivity contribution in [3.8, 4) is 5.75 Å². The molecular weight excluding hydrogens is 396 g/mol. The molecule has 1 N–H and O–H groups in total. The van der Waals surface area contributed by atoms with Crippen LogP contribution in [0, 0.1) is 6.92 Å². The Bertz CT molecular complexity index is 897. The van der Waals surface area contributed by atoms with Gasteiger partial charge in [0.05, 0.1) is 31.6 Å². The Morgan fingerprint density at radius 1 is 1.17 bits per heavy atom. The van der Waals surface area contributed by atoms with Gasteiger partial charge in [0.1, 0.15) is 5.75 Å². The molecule has 1 saturated heterocycles. The lowest BCUT2D eigenvalue weighted by Gasteiger charge is -2.30. The number of benzene rings is 2. The predicted molar refractivity (Wildman–Crippen MR) is 111 cm³/mol. The number of nitrogens with one attached hydrogen (secondary N) is 1. The van der Waals surface area contributed by atoms with Gasteiger partial charge in [-0.1, -0.05) is 11.6 Å². The normalized spacial score (nSPS) is 13.7. The predicted octanol–water partition coefficient (Wildman–Crippen LogP) is 3.29. The minimum absolute atomic E-state index is 0.165. The van der Waals surface area contributed by atoms with Crippen molar-refractivity contribution < 1.29 is 23.8 Å². The number of carbonyl (C=O) groups is 2. The van der Waals surface area contributed by atoms with Crippen molar-refractivity contribution in [1.82, 2.24) is 0 Å². The second-order valence-corrected chi connectivity index (χ2v) is 7.01. The Kier molecular flexibility index (Phi) is 6.95. The summed E-state index contributed by atoms with van der Waals surface area (Å²) >= 11 is 5.93. The number of anilines is 2. The zero-order chi connectivity index (χ0) is 20.8. The molecule has 3 rings (SSSR count). The highest BCUT2D eigenvalue weighted by atomic mass is 35.5. The Balaban J connectivity index is 1.69. The van der Waals surface area contributed by atoms with Crippen LogP contribution in [0.3, 0.4) is 0 Å². The summed E-state index contributed by atoms with van der Waals surface area (Å²) in [6.45, 7) is 4.25. The molecule has 2 aromatic rings. The van der Waals surface area contributed by atoms with Crippen LogP contribution in [-0.2, 0) is 14.3 Å². The molecule has 1 amide bonds. The van der Waals surface area contributed by atoms with Crippen LogP contribution in [0.1, 0.15) is 15.9 Å². The van der Waals surface area contributed by atoms with E-state index in [1.807, 2.05) is 6.92 Å². The van der Waals surface area contributed by atoms with Crippen LogP contribution in [-0.4, -0.2) is 51.9 Å². The van der Waals surface area contributed by atoms with Gasteiger partial charge in [0, 0.05) is 23.8 Å². The van der Waals surface area contributed by atoms with Crippen LogP contribution in [0.15, 0.2) is 36.4 Å². The molecule has 8 heteroatoms. The number of nitrogens with zero attached hydrogens (tertiary/aromatic N) is 1. The number of hydrogen-bond acceptors (Lipinski definition) is 6. The van der Waals surface area contributed by atoms with E-state index in [4.69, 9.17) is 25.8 Å². The van der Waals surface area contributed by atoms with Gasteiger partial charge in [0.25, 0.3) is 5.91 Å². The summed E-state index contributed by atoms with van der Waals surface area (Å²) in [5, 5.41) is 3.36. The first-order chi connectivity index (χ1) is 14.0. The Morgan fingerprint density at radius 2 is 1.93 bits per heavy atom. The van der Waals surface area contributed by atoms with Crippen LogP contribution < -0.4 is 15.0 Å². The van der Waals surface area contributed by atoms with E-state index in [-0.39, 0.29) is 12.5 Å². The smallest absolute Gasteiger partial charge is 0.340 e. The van der Waals surface area contributed by atoms with Gasteiger partial charge in [0.15, 0.2) is 6.61 Å². The Hall–Kier alpha value is -2.77. The van der Waals surface area contributed by atoms with E-state index in [0.717, 1.165) is 11.3 Å². The van der Waals surface area contributed by atoms with Gasteiger partial charge in [-0.05, 0) is 48.9 Å². The van der Waals surface area contributed by atoms with E-state index in [9.17, 15) is 9.59 Å². The summed E-state index contributed by atoms with van der Waals surface area (Å²) < 4.78 is 15.8. The lowest BCUT2D eigenvalue weighted by Crippen LogP contribution is -2.37. The molecule has 0 atom stereocenters. The number of methoxy groups -OCH3 is 1. The number of ether oxygens (including phenoxy) is 3. The average molecular weight is 419 g/mol. The fraction of sp³-hybridized carbons (Fsp3) is 0.333. The summed E-state index contributed by atoms with van der Waals surface area (Å²) in [7, 11) is 1.33. The maximum atomic E-state index is 12.3. The SMILES string of the molecule is COC(=O)c1cc(NC(=O)COc2ccc(Cl)cc2C)ccc1N1CCOCC1. The molecule has 0 unspecified atom stereocenters. The topological polar surface area (TPSA) is 77.1 Å². The molecule has 0 saturated carbocycles. The van der Waals surface area contributed by atoms with Gasteiger partial charge in [0.2, 0.25) is 0 Å². The lowest BCUT2D eigenvalue weighted by molar-refractivity contribution is -0.118. The van der Waals surface area contributed by atoms with Crippen LogP contribution in [0.5, 0.6) is 5.75 Å². The molecular formula is C21H23ClN2O5. The molecule has 1 aliphatic heterocycles. The number of rotatable bonds is 6. The summed E-state index contributed by atoms with van der Waals surface area (Å²) in [5.74, 6) is -0.215. The van der Waals surface area contributed by atoms with Gasteiger partial charge in [-0.15, -0.1) is 0 Å². The largest absolute Gasteiger partial charge is 0.483 e. The molecule has 7 nitrogen and oxygen atoms in total. The third-order valence-electron chi connectivity index (χ3n) is 4.53. The third-order valence-corrected chi connectivity index (χ3v) is 4.77. The average Bonchev–Trinajstić information content (AvgIpc) is 2.73. The highest BCUT2D eigenvalue weighted by Crippen LogP contribution is 2.26. The summed E-state index contributed by atoms with van der Waals surface area (Å²) in [6, 6.07) is 10.4. The first-order valence-electron chi connectivity index (χ1n) is 9.22. The molecule has 0 aliphatic carbocycles. The standard InChI is InChI=1S/C21H23ClN2O5/c1-14-11-15(22)3-6-19(14)29-13-20(25)23-16-4-5-18(17(12-16)21(26)27-2)24-7-9-28-10-8-24/h3-6,11-12H,7-10,13H2,1-2H3,(H,23,25). The van der Waals surface area contributed by atoms with Crippen LogP contribution >= 0.6 is 11.6 Å². The molecule has 154 valence electrons. The van der Waals surface area contributed by atoms with Crippen molar-refractivity contribution >= 4 is 34.9 Å². The minimum atomic E-state index is -0.462. The highest BCUT2D eigenvalue weighted by molar-refractivity contribution is 6.30. The number of aryl methyl sites for hydroxylation is 1. The number of amides is 1. The van der Waals surface area contributed by atoms with E-state index < -0.39 is 5.97 Å². The second-order valence-electron chi connectivity index (χ2n) is 6.57. The third kappa shape index (κ3) is 5.40. The van der Waals surface area contributed by atoms with Gasteiger partial charge >= 0.3 is 5.97 Å². The fourth-order valence-corrected chi connectivity index (χ4v) is 3.31. The van der Waals surface area contributed by atoms with Gasteiger partial charge in [-0.25, -0.2) is 4.79 Å². The van der Waals surface area contributed by atoms with E-state index >= 15 is 0 Å². The van der Waals surface area contributed by atoms with Crippen LogP contribution in [0.2, 0.25) is 5.02 Å². The van der Waals surface area contributed by atoms with Gasteiger partial charge in [-0.2, -0.15) is 0 Å². The molecule has 1 heterocycles. The number of carbonyl (C=O) groups excluding carboxylic acids is 2. The number of morpholine rings is 1. The van der Waals surface area contributed by atoms with E-state index in [0.29, 0.717) is 48.3 Å². The molecule has 2 aromatic carbocycles. The van der Waals surface area contributed by atoms with E-state index in [1.165, 1.54) is 7.11 Å². The first kappa shape index (κ1) is 21.0. The van der Waals surface area contributed by atoms with E-state index in [1.54, 1.807) is 36.4 Å². The van der Waals surface area contributed by atoms with Crippen molar-refractivity contribution in [2.45, 2.75) is 6.92 Å². The summed E-state index contributed by atoms with van der Waals surface area (Å²) in [6.07, 6.45) is 0. The fourth-order valence-electron chi connectivity index (χ4n) is 3.08. The summed E-state index contributed by atoms with van der Waals surface area (Å²) in [4.78, 5) is 26.6. The van der Waals surface area contributed by atoms with Crippen molar-refractivity contribution in [2.75, 3.05) is 50.2 Å². The van der Waals surface area contributed by atoms with Crippen molar-refractivity contribution in [1.29, 1.82) is 0 Å². The Labute approximate surface area is 174 Å². The Morgan fingerprint density at radius 3 is 2.62 bits per heavy atom. The zero-order valence-electron chi connectivity index (χ0n) is 16.4. The van der Waals surface area contributed by atoms with Gasteiger partial charge < -0.3 is 24.4 Å². The van der Waals surface area contributed by atoms with Crippen molar-refractivity contribution in [3.05, 3.63) is 52.5 Å². The monoisotopic (exact) mass is 418 g/mol. The maximum Gasteiger partial charge on any atom is 0.340 e. The minimum Gasteiger partial charge on any atom is -0.483 e.